The lowest BCUT2D eigenvalue weighted by molar-refractivity contribution is 0.687. The third-order valence-electron chi connectivity index (χ3n) is 2.90. The molecule has 0 bridgehead atoms. The van der Waals surface area contributed by atoms with Crippen molar-refractivity contribution in [3.63, 3.8) is 0 Å². The molecule has 1 aliphatic rings. The first kappa shape index (κ1) is 11.8. The SMILES string of the molecule is CCN(c1cc(Br)nc(C2CC2)n1)C(C)C. The summed E-state index contributed by atoms with van der Waals surface area (Å²) in [5.74, 6) is 2.65. The van der Waals surface area contributed by atoms with E-state index in [0.29, 0.717) is 12.0 Å². The maximum atomic E-state index is 4.67. The molecule has 4 heteroatoms. The van der Waals surface area contributed by atoms with Crippen molar-refractivity contribution in [2.45, 2.75) is 45.6 Å². The Morgan fingerprint density at radius 1 is 1.44 bits per heavy atom. The Hall–Kier alpha value is -0.640. The van der Waals surface area contributed by atoms with Gasteiger partial charge in [0.25, 0.3) is 0 Å². The van der Waals surface area contributed by atoms with Gasteiger partial charge in [0.1, 0.15) is 16.2 Å². The number of hydrogen-bond acceptors (Lipinski definition) is 3. The van der Waals surface area contributed by atoms with Crippen LogP contribution in [-0.4, -0.2) is 22.6 Å². The van der Waals surface area contributed by atoms with Gasteiger partial charge in [-0.25, -0.2) is 9.97 Å². The molecule has 88 valence electrons. The quantitative estimate of drug-likeness (QED) is 0.794. The molecule has 0 atom stereocenters. The summed E-state index contributed by atoms with van der Waals surface area (Å²) in [5, 5.41) is 0. The van der Waals surface area contributed by atoms with Crippen LogP contribution in [0, 0.1) is 0 Å². The number of aromatic nitrogens is 2. The molecule has 0 aliphatic heterocycles. The molecule has 0 amide bonds. The van der Waals surface area contributed by atoms with E-state index in [4.69, 9.17) is 0 Å². The van der Waals surface area contributed by atoms with Gasteiger partial charge in [-0.3, -0.25) is 0 Å². The Kier molecular flexibility index (Phi) is 3.47. The lowest BCUT2D eigenvalue weighted by atomic mass is 10.3. The third-order valence-corrected chi connectivity index (χ3v) is 3.31. The van der Waals surface area contributed by atoms with Crippen LogP contribution in [0.3, 0.4) is 0 Å². The van der Waals surface area contributed by atoms with E-state index < -0.39 is 0 Å². The van der Waals surface area contributed by atoms with Crippen molar-refractivity contribution in [3.8, 4) is 0 Å². The molecule has 0 unspecified atom stereocenters. The van der Waals surface area contributed by atoms with Crippen molar-refractivity contribution in [2.75, 3.05) is 11.4 Å². The minimum atomic E-state index is 0.471. The predicted octanol–water partition coefficient (Wildman–Crippen LogP) is 3.35. The summed E-state index contributed by atoms with van der Waals surface area (Å²) in [6, 6.07) is 2.48. The Morgan fingerprint density at radius 2 is 2.12 bits per heavy atom. The molecule has 0 saturated heterocycles. The monoisotopic (exact) mass is 283 g/mol. The Morgan fingerprint density at radius 3 is 2.62 bits per heavy atom. The van der Waals surface area contributed by atoms with Crippen molar-refractivity contribution in [3.05, 3.63) is 16.5 Å². The summed E-state index contributed by atoms with van der Waals surface area (Å²) in [4.78, 5) is 11.4. The normalized spacial score (nSPS) is 15.6. The fourth-order valence-corrected chi connectivity index (χ4v) is 2.27. The zero-order chi connectivity index (χ0) is 11.7. The van der Waals surface area contributed by atoms with Gasteiger partial charge in [-0.2, -0.15) is 0 Å². The average molecular weight is 284 g/mol. The number of hydrogen-bond donors (Lipinski definition) is 0. The minimum Gasteiger partial charge on any atom is -0.354 e. The fourth-order valence-electron chi connectivity index (χ4n) is 1.89. The van der Waals surface area contributed by atoms with Crippen LogP contribution in [0.15, 0.2) is 10.7 Å². The highest BCUT2D eigenvalue weighted by atomic mass is 79.9. The highest BCUT2D eigenvalue weighted by Crippen LogP contribution is 2.39. The van der Waals surface area contributed by atoms with Gasteiger partial charge in [0.05, 0.1) is 0 Å². The molecule has 0 spiro atoms. The van der Waals surface area contributed by atoms with E-state index in [1.807, 2.05) is 6.07 Å². The molecular formula is C12H18BrN3. The Bertz CT molecular complexity index is 375. The van der Waals surface area contributed by atoms with Gasteiger partial charge in [0.2, 0.25) is 0 Å². The van der Waals surface area contributed by atoms with Crippen molar-refractivity contribution in [1.82, 2.24) is 9.97 Å². The summed E-state index contributed by atoms with van der Waals surface area (Å²) in [6.07, 6.45) is 2.48. The summed E-state index contributed by atoms with van der Waals surface area (Å²) < 4.78 is 0.901. The van der Waals surface area contributed by atoms with Crippen LogP contribution in [0.4, 0.5) is 5.82 Å². The molecule has 2 rings (SSSR count). The molecule has 0 radical (unpaired) electrons. The third kappa shape index (κ3) is 2.54. The maximum absolute atomic E-state index is 4.67. The van der Waals surface area contributed by atoms with E-state index in [-0.39, 0.29) is 0 Å². The first-order chi connectivity index (χ1) is 7.61. The van der Waals surface area contributed by atoms with Gasteiger partial charge < -0.3 is 4.90 Å². The lowest BCUT2D eigenvalue weighted by Crippen LogP contribution is -2.31. The molecule has 0 N–H and O–H groups in total. The predicted molar refractivity (Wildman–Crippen MR) is 69.9 cm³/mol. The van der Waals surface area contributed by atoms with Crippen LogP contribution >= 0.6 is 15.9 Å². The van der Waals surface area contributed by atoms with Crippen LogP contribution in [0.2, 0.25) is 0 Å². The van der Waals surface area contributed by atoms with E-state index in [2.05, 4.69) is 51.6 Å². The van der Waals surface area contributed by atoms with Gasteiger partial charge in [-0.15, -0.1) is 0 Å². The second-order valence-electron chi connectivity index (χ2n) is 4.56. The van der Waals surface area contributed by atoms with Gasteiger partial charge in [0, 0.05) is 24.6 Å². The minimum absolute atomic E-state index is 0.471. The topological polar surface area (TPSA) is 29.0 Å². The van der Waals surface area contributed by atoms with E-state index in [0.717, 1.165) is 22.8 Å². The van der Waals surface area contributed by atoms with Crippen molar-refractivity contribution in [1.29, 1.82) is 0 Å². The van der Waals surface area contributed by atoms with Crippen LogP contribution in [-0.2, 0) is 0 Å². The van der Waals surface area contributed by atoms with Gasteiger partial charge in [-0.1, -0.05) is 0 Å². The van der Waals surface area contributed by atoms with E-state index >= 15 is 0 Å². The van der Waals surface area contributed by atoms with Gasteiger partial charge in [0.15, 0.2) is 0 Å². The van der Waals surface area contributed by atoms with Crippen LogP contribution in [0.1, 0.15) is 45.4 Å². The number of halogens is 1. The summed E-state index contributed by atoms with van der Waals surface area (Å²) in [5.41, 5.74) is 0. The zero-order valence-electron chi connectivity index (χ0n) is 10.1. The molecule has 3 nitrogen and oxygen atoms in total. The van der Waals surface area contributed by atoms with Gasteiger partial charge >= 0.3 is 0 Å². The molecule has 16 heavy (non-hydrogen) atoms. The second kappa shape index (κ2) is 4.70. The highest BCUT2D eigenvalue weighted by Gasteiger charge is 2.27. The largest absolute Gasteiger partial charge is 0.354 e. The van der Waals surface area contributed by atoms with Crippen molar-refractivity contribution >= 4 is 21.7 Å². The zero-order valence-corrected chi connectivity index (χ0v) is 11.7. The summed E-state index contributed by atoms with van der Waals surface area (Å²) in [6.45, 7) is 7.52. The van der Waals surface area contributed by atoms with Gasteiger partial charge in [-0.05, 0) is 49.5 Å². The average Bonchev–Trinajstić information content (AvgIpc) is 3.00. The molecule has 1 saturated carbocycles. The van der Waals surface area contributed by atoms with Crippen LogP contribution in [0.25, 0.3) is 0 Å². The molecule has 0 aromatic carbocycles. The molecule has 1 aliphatic carbocycles. The maximum Gasteiger partial charge on any atom is 0.135 e. The Balaban J connectivity index is 2.31. The molecular weight excluding hydrogens is 266 g/mol. The van der Waals surface area contributed by atoms with Crippen LogP contribution in [0.5, 0.6) is 0 Å². The first-order valence-electron chi connectivity index (χ1n) is 5.93. The molecule has 1 aromatic rings. The Labute approximate surface area is 105 Å². The standard InChI is InChI=1S/C12H18BrN3/c1-4-16(8(2)3)11-7-10(13)14-12(15-11)9-5-6-9/h7-9H,4-6H2,1-3H3. The first-order valence-corrected chi connectivity index (χ1v) is 6.72. The number of rotatable bonds is 4. The fraction of sp³-hybridized carbons (Fsp3) is 0.667. The smallest absolute Gasteiger partial charge is 0.135 e. The van der Waals surface area contributed by atoms with Crippen LogP contribution < -0.4 is 4.90 Å². The van der Waals surface area contributed by atoms with E-state index in [9.17, 15) is 0 Å². The summed E-state index contributed by atoms with van der Waals surface area (Å²) >= 11 is 3.48. The van der Waals surface area contributed by atoms with E-state index in [1.54, 1.807) is 0 Å². The lowest BCUT2D eigenvalue weighted by Gasteiger charge is -2.26. The second-order valence-corrected chi connectivity index (χ2v) is 5.37. The summed E-state index contributed by atoms with van der Waals surface area (Å²) in [7, 11) is 0. The number of nitrogens with zero attached hydrogens (tertiary/aromatic N) is 3. The molecule has 1 heterocycles. The molecule has 1 aromatic heterocycles. The highest BCUT2D eigenvalue weighted by molar-refractivity contribution is 9.10. The number of anilines is 1. The van der Waals surface area contributed by atoms with Crippen molar-refractivity contribution < 1.29 is 0 Å². The molecule has 1 fully saturated rings. The van der Waals surface area contributed by atoms with Crippen molar-refractivity contribution in [2.24, 2.45) is 0 Å². The van der Waals surface area contributed by atoms with E-state index in [1.165, 1.54) is 12.8 Å².